The lowest BCUT2D eigenvalue weighted by Gasteiger charge is -1.97. The summed E-state index contributed by atoms with van der Waals surface area (Å²) in [5.41, 5.74) is 0.414. The molecule has 0 aromatic heterocycles. The van der Waals surface area contributed by atoms with E-state index < -0.39 is 22.0 Å². The van der Waals surface area contributed by atoms with Gasteiger partial charge in [-0.3, -0.25) is 19.7 Å². The summed E-state index contributed by atoms with van der Waals surface area (Å²) in [6.45, 7) is 0. The van der Waals surface area contributed by atoms with Crippen molar-refractivity contribution < 1.29 is 19.6 Å². The highest BCUT2D eigenvalue weighted by molar-refractivity contribution is 8.15. The Morgan fingerprint density at radius 2 is 2.32 bits per heavy atom. The van der Waals surface area contributed by atoms with Crippen molar-refractivity contribution in [1.29, 1.82) is 0 Å². The molecule has 0 radical (unpaired) electrons. The van der Waals surface area contributed by atoms with Crippen LogP contribution >= 0.6 is 11.8 Å². The van der Waals surface area contributed by atoms with E-state index in [1.807, 2.05) is 0 Å². The quantitative estimate of drug-likeness (QED) is 0.471. The van der Waals surface area contributed by atoms with Crippen LogP contribution in [0, 0.1) is 10.1 Å². The summed E-state index contributed by atoms with van der Waals surface area (Å²) in [5.74, 6) is -1.51. The fraction of sp³-hybridized carbons (Fsp3) is 0.167. The van der Waals surface area contributed by atoms with E-state index in [0.717, 1.165) is 11.8 Å². The molecule has 1 saturated heterocycles. The number of thioether (sulfide) groups is 1. The molecule has 2 rings (SSSR count). The van der Waals surface area contributed by atoms with Crippen LogP contribution in [-0.2, 0) is 9.59 Å². The minimum absolute atomic E-state index is 0.0679. The van der Waals surface area contributed by atoms with Crippen LogP contribution in [0.15, 0.2) is 34.5 Å². The number of nitro groups is 1. The maximum Gasteiger partial charge on any atom is 0.305 e. The van der Waals surface area contributed by atoms with Crippen LogP contribution in [0.2, 0.25) is 0 Å². The van der Waals surface area contributed by atoms with Gasteiger partial charge in [0.2, 0.25) is 5.91 Å². The third-order valence-corrected chi connectivity index (χ3v) is 3.65. The number of hydrogen-bond donors (Lipinski definition) is 2. The third kappa shape index (κ3) is 4.12. The number of carboxylic acid groups (broad SMARTS) is 1. The Morgan fingerprint density at radius 1 is 1.55 bits per heavy atom. The summed E-state index contributed by atoms with van der Waals surface area (Å²) < 4.78 is 0. The molecule has 9 nitrogen and oxygen atoms in total. The first kappa shape index (κ1) is 15.6. The molecular formula is C12H10N4O5S. The second kappa shape index (κ2) is 6.80. The lowest BCUT2D eigenvalue weighted by atomic mass is 10.2. The Balaban J connectivity index is 2.03. The van der Waals surface area contributed by atoms with Gasteiger partial charge in [0.25, 0.3) is 5.69 Å². The van der Waals surface area contributed by atoms with Crippen LogP contribution in [0.25, 0.3) is 0 Å². The van der Waals surface area contributed by atoms with Gasteiger partial charge in [0.15, 0.2) is 5.17 Å². The van der Waals surface area contributed by atoms with Gasteiger partial charge in [-0.15, -0.1) is 5.10 Å². The number of aliphatic carboxylic acids is 1. The molecule has 2 N–H and O–H groups in total. The third-order valence-electron chi connectivity index (χ3n) is 2.57. The van der Waals surface area contributed by atoms with Crippen molar-refractivity contribution in [2.24, 2.45) is 10.2 Å². The normalized spacial score (nSPS) is 19.5. The number of rotatable bonds is 5. The van der Waals surface area contributed by atoms with E-state index in [9.17, 15) is 19.7 Å². The SMILES string of the molecule is O=C(O)C[C@H]1SC(=N/N=C\c2cccc([N+](=O)[O-])c2)NC1=O. The van der Waals surface area contributed by atoms with E-state index >= 15 is 0 Å². The lowest BCUT2D eigenvalue weighted by molar-refractivity contribution is -0.384. The molecule has 1 aliphatic heterocycles. The highest BCUT2D eigenvalue weighted by Gasteiger charge is 2.32. The first-order valence-corrected chi connectivity index (χ1v) is 6.88. The number of amidine groups is 1. The van der Waals surface area contributed by atoms with Crippen molar-refractivity contribution in [3.8, 4) is 0 Å². The molecule has 114 valence electrons. The number of nitrogens with zero attached hydrogens (tertiary/aromatic N) is 3. The van der Waals surface area contributed by atoms with E-state index in [-0.39, 0.29) is 17.3 Å². The fourth-order valence-electron chi connectivity index (χ4n) is 1.61. The Kier molecular flexibility index (Phi) is 4.84. The van der Waals surface area contributed by atoms with Crippen LogP contribution in [0.3, 0.4) is 0 Å². The van der Waals surface area contributed by atoms with Gasteiger partial charge in [-0.2, -0.15) is 5.10 Å². The molecule has 22 heavy (non-hydrogen) atoms. The predicted molar refractivity (Wildman–Crippen MR) is 79.9 cm³/mol. The molecule has 0 aliphatic carbocycles. The average molecular weight is 322 g/mol. The number of carbonyl (C=O) groups is 2. The number of nitrogens with one attached hydrogen (secondary N) is 1. The van der Waals surface area contributed by atoms with Gasteiger partial charge >= 0.3 is 5.97 Å². The van der Waals surface area contributed by atoms with Crippen LogP contribution in [-0.4, -0.2) is 38.5 Å². The Labute approximate surface area is 128 Å². The Bertz CT molecular complexity index is 688. The first-order chi connectivity index (χ1) is 10.5. The van der Waals surface area contributed by atoms with Crippen molar-refractivity contribution >= 4 is 40.7 Å². The fourth-order valence-corrected chi connectivity index (χ4v) is 2.53. The van der Waals surface area contributed by atoms with E-state index in [0.29, 0.717) is 5.56 Å². The van der Waals surface area contributed by atoms with Crippen LogP contribution in [0.5, 0.6) is 0 Å². The van der Waals surface area contributed by atoms with Crippen LogP contribution in [0.4, 0.5) is 5.69 Å². The lowest BCUT2D eigenvalue weighted by Crippen LogP contribution is -2.26. The molecule has 0 saturated carbocycles. The van der Waals surface area contributed by atoms with E-state index in [2.05, 4.69) is 15.5 Å². The summed E-state index contributed by atoms with van der Waals surface area (Å²) in [6, 6.07) is 5.82. The minimum atomic E-state index is -1.08. The Hall–Kier alpha value is -2.75. The van der Waals surface area contributed by atoms with Gasteiger partial charge < -0.3 is 10.4 Å². The summed E-state index contributed by atoms with van der Waals surface area (Å²) in [4.78, 5) is 32.2. The number of carboxylic acids is 1. The molecule has 0 unspecified atom stereocenters. The molecule has 10 heteroatoms. The molecular weight excluding hydrogens is 312 g/mol. The number of hydrogen-bond acceptors (Lipinski definition) is 7. The van der Waals surface area contributed by atoms with E-state index in [1.54, 1.807) is 6.07 Å². The number of carbonyl (C=O) groups excluding carboxylic acids is 1. The van der Waals surface area contributed by atoms with Crippen molar-refractivity contribution in [2.75, 3.05) is 0 Å². The zero-order chi connectivity index (χ0) is 16.1. The Morgan fingerprint density at radius 3 is 3.00 bits per heavy atom. The maximum absolute atomic E-state index is 11.5. The molecule has 1 atom stereocenters. The number of amides is 1. The topological polar surface area (TPSA) is 134 Å². The van der Waals surface area contributed by atoms with Crippen molar-refractivity contribution in [3.63, 3.8) is 0 Å². The van der Waals surface area contributed by atoms with Gasteiger partial charge in [0.05, 0.1) is 17.6 Å². The summed E-state index contributed by atoms with van der Waals surface area (Å²) in [5, 5.41) is 28.6. The van der Waals surface area contributed by atoms with Gasteiger partial charge in [-0.05, 0) is 0 Å². The molecule has 1 amide bonds. The molecule has 1 heterocycles. The monoisotopic (exact) mass is 322 g/mol. The second-order valence-corrected chi connectivity index (χ2v) is 5.39. The molecule has 1 fully saturated rings. The smallest absolute Gasteiger partial charge is 0.305 e. The average Bonchev–Trinajstić information content (AvgIpc) is 2.78. The first-order valence-electron chi connectivity index (χ1n) is 6.00. The molecule has 0 bridgehead atoms. The summed E-state index contributed by atoms with van der Waals surface area (Å²) in [7, 11) is 0. The number of benzene rings is 1. The molecule has 1 aliphatic rings. The largest absolute Gasteiger partial charge is 0.481 e. The van der Waals surface area contributed by atoms with Gasteiger partial charge in [-0.25, -0.2) is 0 Å². The zero-order valence-corrected chi connectivity index (χ0v) is 11.8. The predicted octanol–water partition coefficient (Wildman–Crippen LogP) is 0.991. The van der Waals surface area contributed by atoms with Gasteiger partial charge in [-0.1, -0.05) is 23.9 Å². The van der Waals surface area contributed by atoms with Crippen molar-refractivity contribution in [1.82, 2.24) is 5.32 Å². The second-order valence-electron chi connectivity index (χ2n) is 4.20. The van der Waals surface area contributed by atoms with Crippen molar-refractivity contribution in [3.05, 3.63) is 39.9 Å². The van der Waals surface area contributed by atoms with Crippen LogP contribution in [0.1, 0.15) is 12.0 Å². The summed E-state index contributed by atoms with van der Waals surface area (Å²) >= 11 is 0.977. The standard InChI is InChI=1S/C12H10N4O5S/c17-10(18)5-9-11(19)14-12(22-9)15-13-6-7-2-1-3-8(4-7)16(20)21/h1-4,6,9H,5H2,(H,17,18)(H,14,15,19)/b13-6-/t9-/m1/s1. The van der Waals surface area contributed by atoms with Gasteiger partial charge in [0.1, 0.15) is 5.25 Å². The summed E-state index contributed by atoms with van der Waals surface area (Å²) in [6.07, 6.45) is 1.00. The number of non-ortho nitro benzene ring substituents is 1. The highest BCUT2D eigenvalue weighted by Crippen LogP contribution is 2.22. The minimum Gasteiger partial charge on any atom is -0.481 e. The zero-order valence-electron chi connectivity index (χ0n) is 11.0. The molecule has 1 aromatic rings. The molecule has 1 aromatic carbocycles. The van der Waals surface area contributed by atoms with Gasteiger partial charge in [0, 0.05) is 17.7 Å². The molecule has 0 spiro atoms. The van der Waals surface area contributed by atoms with Crippen LogP contribution < -0.4 is 5.32 Å². The van der Waals surface area contributed by atoms with E-state index in [4.69, 9.17) is 5.11 Å². The van der Waals surface area contributed by atoms with Crippen molar-refractivity contribution in [2.45, 2.75) is 11.7 Å². The van der Waals surface area contributed by atoms with E-state index in [1.165, 1.54) is 24.4 Å². The number of nitro benzene ring substituents is 1. The maximum atomic E-state index is 11.5. The highest BCUT2D eigenvalue weighted by atomic mass is 32.2.